The minimum absolute atomic E-state index is 0.0396. The molecule has 0 saturated heterocycles. The van der Waals surface area contributed by atoms with Gasteiger partial charge in [-0.25, -0.2) is 0 Å². The summed E-state index contributed by atoms with van der Waals surface area (Å²) in [7, 11) is 0. The van der Waals surface area contributed by atoms with E-state index in [2.05, 4.69) is 43.1 Å². The van der Waals surface area contributed by atoms with Crippen LogP contribution in [-0.2, 0) is 6.42 Å². The fraction of sp³-hybridized carbons (Fsp3) is 0.267. The zero-order valence-corrected chi connectivity index (χ0v) is 10.4. The Bertz CT molecular complexity index is 471. The van der Waals surface area contributed by atoms with E-state index in [1.165, 1.54) is 22.3 Å². The molecule has 0 spiro atoms. The van der Waals surface area contributed by atoms with Crippen molar-refractivity contribution in [3.8, 4) is 0 Å². The molecule has 1 heterocycles. The molecule has 0 aliphatic rings. The van der Waals surface area contributed by atoms with Crippen LogP contribution in [0.1, 0.15) is 28.3 Å². The van der Waals surface area contributed by atoms with E-state index < -0.39 is 0 Å². The van der Waals surface area contributed by atoms with Gasteiger partial charge in [-0.05, 0) is 37.5 Å². The van der Waals surface area contributed by atoms with E-state index in [-0.39, 0.29) is 6.04 Å². The van der Waals surface area contributed by atoms with E-state index in [1.807, 2.05) is 12.3 Å². The topological polar surface area (TPSA) is 38.9 Å². The molecule has 0 aliphatic carbocycles. The highest BCUT2D eigenvalue weighted by molar-refractivity contribution is 5.31. The normalized spacial score (nSPS) is 12.4. The Morgan fingerprint density at radius 1 is 1.18 bits per heavy atom. The molecule has 2 N–H and O–H groups in total. The van der Waals surface area contributed by atoms with Crippen molar-refractivity contribution in [3.63, 3.8) is 0 Å². The number of hydrogen-bond acceptors (Lipinski definition) is 2. The molecule has 0 aliphatic heterocycles. The van der Waals surface area contributed by atoms with Crippen molar-refractivity contribution in [2.75, 3.05) is 0 Å². The van der Waals surface area contributed by atoms with Crippen molar-refractivity contribution in [2.45, 2.75) is 26.3 Å². The molecule has 2 heteroatoms. The number of nitrogens with two attached hydrogens (primary N) is 1. The van der Waals surface area contributed by atoms with Gasteiger partial charge in [-0.3, -0.25) is 4.98 Å². The number of rotatable bonds is 3. The van der Waals surface area contributed by atoms with Crippen LogP contribution in [0.4, 0.5) is 0 Å². The van der Waals surface area contributed by atoms with Gasteiger partial charge in [0, 0.05) is 18.4 Å². The Labute approximate surface area is 103 Å². The SMILES string of the molecule is Cc1cc(C)cc(C(N)Cc2cccnc2)c1. The molecule has 0 fully saturated rings. The number of benzene rings is 1. The predicted molar refractivity (Wildman–Crippen MR) is 70.8 cm³/mol. The highest BCUT2D eigenvalue weighted by Crippen LogP contribution is 2.18. The fourth-order valence-corrected chi connectivity index (χ4v) is 2.11. The maximum atomic E-state index is 6.24. The average molecular weight is 226 g/mol. The molecule has 0 saturated carbocycles. The number of aryl methyl sites for hydroxylation is 2. The van der Waals surface area contributed by atoms with Gasteiger partial charge in [-0.2, -0.15) is 0 Å². The Morgan fingerprint density at radius 3 is 2.47 bits per heavy atom. The average Bonchev–Trinajstić information content (AvgIpc) is 2.29. The highest BCUT2D eigenvalue weighted by atomic mass is 14.6. The lowest BCUT2D eigenvalue weighted by molar-refractivity contribution is 0.718. The molecule has 1 atom stereocenters. The molecule has 1 aromatic heterocycles. The summed E-state index contributed by atoms with van der Waals surface area (Å²) in [6.45, 7) is 4.21. The van der Waals surface area contributed by atoms with Crippen LogP contribution in [0, 0.1) is 13.8 Å². The molecule has 88 valence electrons. The molecule has 0 radical (unpaired) electrons. The van der Waals surface area contributed by atoms with Gasteiger partial charge in [0.2, 0.25) is 0 Å². The molecular formula is C15H18N2. The van der Waals surface area contributed by atoms with E-state index in [1.54, 1.807) is 6.20 Å². The first-order valence-corrected chi connectivity index (χ1v) is 5.88. The van der Waals surface area contributed by atoms with E-state index in [4.69, 9.17) is 5.73 Å². The maximum Gasteiger partial charge on any atom is 0.0336 e. The molecule has 0 amide bonds. The monoisotopic (exact) mass is 226 g/mol. The van der Waals surface area contributed by atoms with Gasteiger partial charge in [-0.1, -0.05) is 35.4 Å². The van der Waals surface area contributed by atoms with Crippen molar-refractivity contribution in [2.24, 2.45) is 5.73 Å². The van der Waals surface area contributed by atoms with E-state index in [0.29, 0.717) is 0 Å². The molecule has 1 aromatic carbocycles. The number of aromatic nitrogens is 1. The fourth-order valence-electron chi connectivity index (χ4n) is 2.11. The van der Waals surface area contributed by atoms with Crippen LogP contribution in [0.2, 0.25) is 0 Å². The molecule has 17 heavy (non-hydrogen) atoms. The Hall–Kier alpha value is -1.67. The smallest absolute Gasteiger partial charge is 0.0336 e. The van der Waals surface area contributed by atoms with Crippen LogP contribution >= 0.6 is 0 Å². The van der Waals surface area contributed by atoms with Crippen LogP contribution in [0.3, 0.4) is 0 Å². The Morgan fingerprint density at radius 2 is 1.88 bits per heavy atom. The van der Waals surface area contributed by atoms with Gasteiger partial charge in [0.15, 0.2) is 0 Å². The molecule has 0 bridgehead atoms. The zero-order chi connectivity index (χ0) is 12.3. The van der Waals surface area contributed by atoms with Crippen molar-refractivity contribution in [1.82, 2.24) is 4.98 Å². The number of pyridine rings is 1. The van der Waals surface area contributed by atoms with Crippen LogP contribution < -0.4 is 5.73 Å². The quantitative estimate of drug-likeness (QED) is 0.874. The van der Waals surface area contributed by atoms with E-state index in [0.717, 1.165) is 6.42 Å². The zero-order valence-electron chi connectivity index (χ0n) is 10.4. The second-order valence-electron chi connectivity index (χ2n) is 4.59. The van der Waals surface area contributed by atoms with Crippen LogP contribution in [-0.4, -0.2) is 4.98 Å². The van der Waals surface area contributed by atoms with Crippen LogP contribution in [0.5, 0.6) is 0 Å². The summed E-state index contributed by atoms with van der Waals surface area (Å²) >= 11 is 0. The third kappa shape index (κ3) is 3.14. The van der Waals surface area contributed by atoms with Crippen molar-refractivity contribution >= 4 is 0 Å². The van der Waals surface area contributed by atoms with E-state index >= 15 is 0 Å². The summed E-state index contributed by atoms with van der Waals surface area (Å²) in [4.78, 5) is 4.11. The molecule has 2 aromatic rings. The lowest BCUT2D eigenvalue weighted by Gasteiger charge is -2.13. The van der Waals surface area contributed by atoms with Crippen LogP contribution in [0.15, 0.2) is 42.7 Å². The standard InChI is InChI=1S/C15H18N2/c1-11-6-12(2)8-14(7-11)15(16)9-13-4-3-5-17-10-13/h3-8,10,15H,9,16H2,1-2H3. The minimum Gasteiger partial charge on any atom is -0.324 e. The van der Waals surface area contributed by atoms with Gasteiger partial charge in [-0.15, -0.1) is 0 Å². The molecule has 1 unspecified atom stereocenters. The summed E-state index contributed by atoms with van der Waals surface area (Å²) in [5.74, 6) is 0. The second-order valence-corrected chi connectivity index (χ2v) is 4.59. The summed E-state index contributed by atoms with van der Waals surface area (Å²) in [6.07, 6.45) is 4.49. The number of nitrogens with zero attached hydrogens (tertiary/aromatic N) is 1. The van der Waals surface area contributed by atoms with Gasteiger partial charge in [0.05, 0.1) is 0 Å². The first kappa shape index (κ1) is 11.8. The highest BCUT2D eigenvalue weighted by Gasteiger charge is 2.08. The third-order valence-electron chi connectivity index (χ3n) is 2.85. The first-order chi connectivity index (χ1) is 8.15. The first-order valence-electron chi connectivity index (χ1n) is 5.88. The van der Waals surface area contributed by atoms with Gasteiger partial charge >= 0.3 is 0 Å². The molecule has 2 rings (SSSR count). The summed E-state index contributed by atoms with van der Waals surface area (Å²) < 4.78 is 0. The molecule has 2 nitrogen and oxygen atoms in total. The summed E-state index contributed by atoms with van der Waals surface area (Å²) in [5, 5.41) is 0. The predicted octanol–water partition coefficient (Wildman–Crippen LogP) is 2.94. The van der Waals surface area contributed by atoms with Gasteiger partial charge in [0.1, 0.15) is 0 Å². The minimum atomic E-state index is 0.0396. The molecular weight excluding hydrogens is 208 g/mol. The lowest BCUT2D eigenvalue weighted by Crippen LogP contribution is -2.13. The van der Waals surface area contributed by atoms with E-state index in [9.17, 15) is 0 Å². The van der Waals surface area contributed by atoms with Gasteiger partial charge in [0.25, 0.3) is 0 Å². The maximum absolute atomic E-state index is 6.24. The van der Waals surface area contributed by atoms with Crippen molar-refractivity contribution in [3.05, 3.63) is 65.0 Å². The largest absolute Gasteiger partial charge is 0.324 e. The Kier molecular flexibility index (Phi) is 3.55. The third-order valence-corrected chi connectivity index (χ3v) is 2.85. The lowest BCUT2D eigenvalue weighted by atomic mass is 9.97. The second kappa shape index (κ2) is 5.11. The van der Waals surface area contributed by atoms with Crippen molar-refractivity contribution < 1.29 is 0 Å². The Balaban J connectivity index is 2.17. The summed E-state index contributed by atoms with van der Waals surface area (Å²) in [5.41, 5.74) is 11.1. The van der Waals surface area contributed by atoms with Crippen LogP contribution in [0.25, 0.3) is 0 Å². The van der Waals surface area contributed by atoms with Gasteiger partial charge < -0.3 is 5.73 Å². The van der Waals surface area contributed by atoms with Crippen molar-refractivity contribution in [1.29, 1.82) is 0 Å². The summed E-state index contributed by atoms with van der Waals surface area (Å²) in [6, 6.07) is 10.5. The number of hydrogen-bond donors (Lipinski definition) is 1.